The Hall–Kier alpha value is -2.25. The van der Waals surface area contributed by atoms with Crippen molar-refractivity contribution in [3.63, 3.8) is 0 Å². The van der Waals surface area contributed by atoms with Gasteiger partial charge in [0, 0.05) is 17.6 Å². The minimum atomic E-state index is -2.00. The molecule has 0 radical (unpaired) electrons. The van der Waals surface area contributed by atoms with Crippen LogP contribution in [0.3, 0.4) is 0 Å². The van der Waals surface area contributed by atoms with E-state index in [1.807, 2.05) is 0 Å². The average Bonchev–Trinajstić information content (AvgIpc) is 2.48. The topological polar surface area (TPSA) is 69.6 Å². The van der Waals surface area contributed by atoms with Crippen LogP contribution in [-0.4, -0.2) is 23.1 Å². The molecule has 0 aliphatic carbocycles. The van der Waals surface area contributed by atoms with Crippen LogP contribution >= 0.6 is 0 Å². The van der Waals surface area contributed by atoms with Crippen LogP contribution in [0.1, 0.15) is 21.5 Å². The molecule has 0 atom stereocenters. The maximum absolute atomic E-state index is 13.4. The summed E-state index contributed by atoms with van der Waals surface area (Å²) in [5, 5.41) is 20.6. The number of benzene rings is 2. The van der Waals surface area contributed by atoms with E-state index in [2.05, 4.69) is 5.32 Å². The highest BCUT2D eigenvalue weighted by Gasteiger charge is 2.18. The largest absolute Gasteiger partial charge is 0.491 e. The number of hydrogen-bond donors (Lipinski definition) is 3. The first-order chi connectivity index (χ1) is 10.4. The Bertz CT molecular complexity index is 707. The summed E-state index contributed by atoms with van der Waals surface area (Å²) in [6.07, 6.45) is 0. The fourth-order valence-corrected chi connectivity index (χ4v) is 1.91. The summed E-state index contributed by atoms with van der Waals surface area (Å²) < 4.78 is 26.7. The zero-order valence-corrected chi connectivity index (χ0v) is 11.8. The third-order valence-electron chi connectivity index (χ3n) is 3.23. The van der Waals surface area contributed by atoms with Gasteiger partial charge in [0.2, 0.25) is 0 Å². The molecule has 7 heteroatoms. The molecule has 0 aliphatic rings. The zero-order chi connectivity index (χ0) is 16.3. The monoisotopic (exact) mass is 305 g/mol. The number of nitrogens with one attached hydrogen (secondary N) is 1. The normalized spacial score (nSPS) is 10.4. The van der Waals surface area contributed by atoms with Crippen molar-refractivity contribution < 1.29 is 23.6 Å². The number of rotatable bonds is 4. The molecule has 0 saturated carbocycles. The highest BCUT2D eigenvalue weighted by Crippen LogP contribution is 2.09. The van der Waals surface area contributed by atoms with E-state index in [4.69, 9.17) is 10.0 Å². The maximum atomic E-state index is 13.4. The van der Waals surface area contributed by atoms with Crippen molar-refractivity contribution in [1.29, 1.82) is 0 Å². The number of amides is 1. The molecule has 0 bridgehead atoms. The van der Waals surface area contributed by atoms with Gasteiger partial charge in [-0.2, -0.15) is 0 Å². The average molecular weight is 305 g/mol. The Kier molecular flexibility index (Phi) is 4.90. The van der Waals surface area contributed by atoms with Crippen molar-refractivity contribution in [3.8, 4) is 0 Å². The van der Waals surface area contributed by atoms with Crippen molar-refractivity contribution in [3.05, 3.63) is 64.7 Å². The second kappa shape index (κ2) is 6.68. The van der Waals surface area contributed by atoms with E-state index < -0.39 is 18.8 Å². The predicted molar refractivity (Wildman–Crippen MR) is 78.5 cm³/mol. The Morgan fingerprint density at radius 3 is 2.50 bits per heavy atom. The molecule has 3 N–H and O–H groups in total. The molecule has 4 nitrogen and oxygen atoms in total. The second-order valence-electron chi connectivity index (χ2n) is 4.88. The van der Waals surface area contributed by atoms with Crippen molar-refractivity contribution in [2.45, 2.75) is 13.5 Å². The Morgan fingerprint density at radius 1 is 1.14 bits per heavy atom. The van der Waals surface area contributed by atoms with Crippen molar-refractivity contribution in [1.82, 2.24) is 5.32 Å². The molecule has 0 aromatic heterocycles. The lowest BCUT2D eigenvalue weighted by atomic mass is 9.79. The van der Waals surface area contributed by atoms with Gasteiger partial charge in [0.05, 0.1) is 0 Å². The highest BCUT2D eigenvalue weighted by molar-refractivity contribution is 6.58. The van der Waals surface area contributed by atoms with Crippen LogP contribution in [0.4, 0.5) is 8.78 Å². The first-order valence-corrected chi connectivity index (χ1v) is 6.57. The van der Waals surface area contributed by atoms with Crippen LogP contribution < -0.4 is 10.8 Å². The minimum absolute atomic E-state index is 0.0806. The number of hydrogen-bond acceptors (Lipinski definition) is 3. The smallest absolute Gasteiger partial charge is 0.423 e. The third-order valence-corrected chi connectivity index (χ3v) is 3.23. The second-order valence-corrected chi connectivity index (χ2v) is 4.88. The van der Waals surface area contributed by atoms with Crippen LogP contribution in [-0.2, 0) is 6.54 Å². The van der Waals surface area contributed by atoms with Crippen LogP contribution in [0.2, 0.25) is 0 Å². The maximum Gasteiger partial charge on any atom is 0.491 e. The van der Waals surface area contributed by atoms with Crippen LogP contribution in [0, 0.1) is 18.6 Å². The Labute approximate surface area is 126 Å². The summed E-state index contributed by atoms with van der Waals surface area (Å²) in [7, 11) is -2.00. The fourth-order valence-electron chi connectivity index (χ4n) is 1.91. The summed E-state index contributed by atoms with van der Waals surface area (Å²) in [5.74, 6) is -1.70. The molecule has 114 valence electrons. The molecule has 2 aromatic carbocycles. The number of carbonyl (C=O) groups excluding carboxylic acids is 1. The minimum Gasteiger partial charge on any atom is -0.423 e. The molecule has 1 amide bonds. The number of carbonyl (C=O) groups is 1. The molecular weight excluding hydrogens is 291 g/mol. The van der Waals surface area contributed by atoms with Gasteiger partial charge in [-0.1, -0.05) is 12.1 Å². The van der Waals surface area contributed by atoms with Gasteiger partial charge in [0.1, 0.15) is 11.6 Å². The molecule has 0 aliphatic heterocycles. The lowest BCUT2D eigenvalue weighted by molar-refractivity contribution is 0.0951. The molecule has 2 aromatic rings. The van der Waals surface area contributed by atoms with E-state index in [-0.39, 0.29) is 23.4 Å². The van der Waals surface area contributed by atoms with Crippen LogP contribution in [0.15, 0.2) is 36.4 Å². The van der Waals surface area contributed by atoms with Gasteiger partial charge < -0.3 is 15.4 Å². The lowest BCUT2D eigenvalue weighted by Crippen LogP contribution is -2.34. The molecule has 0 spiro atoms. The van der Waals surface area contributed by atoms with E-state index in [9.17, 15) is 13.6 Å². The molecule has 2 rings (SSSR count). The third kappa shape index (κ3) is 3.69. The fraction of sp³-hybridized carbons (Fsp3) is 0.133. The van der Waals surface area contributed by atoms with Gasteiger partial charge in [-0.15, -0.1) is 0 Å². The summed E-state index contributed by atoms with van der Waals surface area (Å²) in [4.78, 5) is 12.0. The first-order valence-electron chi connectivity index (χ1n) is 6.57. The lowest BCUT2D eigenvalue weighted by Gasteiger charge is -2.08. The molecule has 22 heavy (non-hydrogen) atoms. The summed E-state index contributed by atoms with van der Waals surface area (Å²) in [6, 6.07) is 7.89. The van der Waals surface area contributed by atoms with E-state index >= 15 is 0 Å². The van der Waals surface area contributed by atoms with Crippen molar-refractivity contribution in [2.24, 2.45) is 0 Å². The SMILES string of the molecule is Cc1ccc(CNC(=O)c2ccc(F)c(B(O)O)c2)cc1F. The highest BCUT2D eigenvalue weighted by atomic mass is 19.1. The zero-order valence-electron chi connectivity index (χ0n) is 11.8. The van der Waals surface area contributed by atoms with Gasteiger partial charge in [-0.05, 0) is 42.3 Å². The Morgan fingerprint density at radius 2 is 1.86 bits per heavy atom. The molecule has 0 unspecified atom stereocenters. The molecule has 0 fully saturated rings. The van der Waals surface area contributed by atoms with Gasteiger partial charge in [0.15, 0.2) is 0 Å². The van der Waals surface area contributed by atoms with Gasteiger partial charge in [0.25, 0.3) is 5.91 Å². The quantitative estimate of drug-likeness (QED) is 0.735. The first kappa shape index (κ1) is 16.1. The Balaban J connectivity index is 2.09. The summed E-state index contributed by atoms with van der Waals surface area (Å²) in [6.45, 7) is 1.74. The molecule has 0 saturated heterocycles. The summed E-state index contributed by atoms with van der Waals surface area (Å²) in [5.41, 5.74) is 0.794. The van der Waals surface area contributed by atoms with Gasteiger partial charge in [-0.25, -0.2) is 8.78 Å². The van der Waals surface area contributed by atoms with Crippen LogP contribution in [0.5, 0.6) is 0 Å². The predicted octanol–water partition coefficient (Wildman–Crippen LogP) is 0.883. The van der Waals surface area contributed by atoms with Crippen LogP contribution in [0.25, 0.3) is 0 Å². The number of aryl methyl sites for hydroxylation is 1. The number of halogens is 2. The summed E-state index contributed by atoms with van der Waals surface area (Å²) >= 11 is 0. The van der Waals surface area contributed by atoms with Gasteiger partial charge >= 0.3 is 7.12 Å². The van der Waals surface area contributed by atoms with E-state index in [0.717, 1.165) is 12.1 Å². The van der Waals surface area contributed by atoms with Crippen molar-refractivity contribution in [2.75, 3.05) is 0 Å². The molecule has 0 heterocycles. The van der Waals surface area contributed by atoms with E-state index in [1.165, 1.54) is 12.1 Å². The van der Waals surface area contributed by atoms with E-state index in [0.29, 0.717) is 11.1 Å². The van der Waals surface area contributed by atoms with Gasteiger partial charge in [-0.3, -0.25) is 4.79 Å². The molecular formula is C15H14BF2NO3. The standard InChI is InChI=1S/C15H14BF2NO3/c1-9-2-3-10(6-14(9)18)8-19-15(20)11-4-5-13(17)12(7-11)16(21)22/h2-7,21-22H,8H2,1H3,(H,19,20). The van der Waals surface area contributed by atoms with E-state index in [1.54, 1.807) is 19.1 Å². The van der Waals surface area contributed by atoms with Crippen molar-refractivity contribution >= 4 is 18.5 Å².